The van der Waals surface area contributed by atoms with E-state index in [1.54, 1.807) is 0 Å². The Labute approximate surface area is 300 Å². The van der Waals surface area contributed by atoms with Crippen LogP contribution >= 0.6 is 0 Å². The predicted molar refractivity (Wildman–Crippen MR) is 215 cm³/mol. The van der Waals surface area contributed by atoms with Gasteiger partial charge in [0.2, 0.25) is 0 Å². The Morgan fingerprint density at radius 2 is 1.08 bits per heavy atom. The van der Waals surface area contributed by atoms with Gasteiger partial charge in [0.05, 0.1) is 39.5 Å². The van der Waals surface area contributed by atoms with Crippen LogP contribution in [0.15, 0.2) is 158 Å². The van der Waals surface area contributed by atoms with Crippen molar-refractivity contribution in [3.05, 3.63) is 169 Å². The Kier molecular flexibility index (Phi) is 5.98. The molecule has 4 heteroatoms. The minimum Gasteiger partial charge on any atom is -0.308 e. The topological polar surface area (TPSA) is 43.6 Å². The van der Waals surface area contributed by atoms with Crippen molar-refractivity contribution in [2.45, 2.75) is 19.3 Å². The summed E-state index contributed by atoms with van der Waals surface area (Å²) in [5.74, 6) is 0. The van der Waals surface area contributed by atoms with Crippen LogP contribution in [0.2, 0.25) is 0 Å². The minimum atomic E-state index is -0.269. The molecule has 0 radical (unpaired) electrons. The maximum Gasteiger partial charge on any atom is 0.0915 e. The van der Waals surface area contributed by atoms with Crippen molar-refractivity contribution in [3.8, 4) is 39.6 Å². The maximum atomic E-state index is 5.15. The summed E-state index contributed by atoms with van der Waals surface area (Å²) in [4.78, 5) is 14.6. The van der Waals surface area contributed by atoms with Crippen molar-refractivity contribution in [1.82, 2.24) is 19.5 Å². The van der Waals surface area contributed by atoms with E-state index in [2.05, 4.69) is 128 Å². The van der Waals surface area contributed by atoms with E-state index in [-0.39, 0.29) is 5.41 Å². The van der Waals surface area contributed by atoms with Crippen LogP contribution in [0.4, 0.5) is 0 Å². The van der Waals surface area contributed by atoms with Gasteiger partial charge in [0.25, 0.3) is 0 Å². The monoisotopic (exact) mass is 664 g/mol. The molecule has 0 saturated carbocycles. The van der Waals surface area contributed by atoms with Crippen molar-refractivity contribution in [1.29, 1.82) is 0 Å². The van der Waals surface area contributed by atoms with E-state index in [9.17, 15) is 0 Å². The van der Waals surface area contributed by atoms with E-state index in [1.807, 2.05) is 48.8 Å². The third-order valence-electron chi connectivity index (χ3n) is 11.2. The molecule has 244 valence electrons. The standard InChI is InChI=1S/C48H32N4/c1-48(2)45-33-16-6-5-13-29(33)21-22-36(45)43-34-17-7-8-18-35(34)47-44(46(43)48)37-25-30-14-3-4-15-31(30)26-42(37)52(47)32-27-40(38-19-9-11-23-49-38)51-41(28-32)39-20-10-12-24-50-39/h3-28H,1-2H3. The highest BCUT2D eigenvalue weighted by molar-refractivity contribution is 6.27. The lowest BCUT2D eigenvalue weighted by Crippen LogP contribution is -2.16. The third-order valence-corrected chi connectivity index (χ3v) is 11.2. The molecule has 0 aliphatic heterocycles. The minimum absolute atomic E-state index is 0.269. The molecule has 0 saturated heterocycles. The summed E-state index contributed by atoms with van der Waals surface area (Å²) in [6.07, 6.45) is 3.66. The van der Waals surface area contributed by atoms with Crippen molar-refractivity contribution >= 4 is 54.1 Å². The zero-order chi connectivity index (χ0) is 34.6. The van der Waals surface area contributed by atoms with Crippen molar-refractivity contribution in [2.24, 2.45) is 0 Å². The fourth-order valence-corrected chi connectivity index (χ4v) is 9.04. The smallest absolute Gasteiger partial charge is 0.0915 e. The molecule has 0 spiro atoms. The molecule has 0 atom stereocenters. The number of aromatic nitrogens is 4. The number of hydrogen-bond donors (Lipinski definition) is 0. The second-order valence-electron chi connectivity index (χ2n) is 14.4. The summed E-state index contributed by atoms with van der Waals surface area (Å²) in [5.41, 5.74) is 11.8. The van der Waals surface area contributed by atoms with Gasteiger partial charge in [-0.05, 0) is 97.7 Å². The van der Waals surface area contributed by atoms with Crippen LogP contribution in [0.3, 0.4) is 0 Å². The summed E-state index contributed by atoms with van der Waals surface area (Å²) in [6.45, 7) is 4.85. The first-order valence-corrected chi connectivity index (χ1v) is 17.9. The first kappa shape index (κ1) is 29.1. The molecule has 0 unspecified atom stereocenters. The quantitative estimate of drug-likeness (QED) is 0.189. The predicted octanol–water partition coefficient (Wildman–Crippen LogP) is 12.1. The average molecular weight is 665 g/mol. The molecule has 0 N–H and O–H groups in total. The lowest BCUT2D eigenvalue weighted by molar-refractivity contribution is 0.673. The molecule has 6 aromatic carbocycles. The number of pyridine rings is 3. The zero-order valence-corrected chi connectivity index (χ0v) is 28.8. The maximum absolute atomic E-state index is 5.15. The molecule has 0 bridgehead atoms. The summed E-state index contributed by atoms with van der Waals surface area (Å²) >= 11 is 0. The summed E-state index contributed by atoms with van der Waals surface area (Å²) in [6, 6.07) is 52.4. The second kappa shape index (κ2) is 10.7. The molecule has 1 aliphatic carbocycles. The van der Waals surface area contributed by atoms with Gasteiger partial charge < -0.3 is 4.57 Å². The highest BCUT2D eigenvalue weighted by Gasteiger charge is 2.41. The fraction of sp³-hybridized carbons (Fsp3) is 0.0625. The van der Waals surface area contributed by atoms with Gasteiger partial charge in [0.15, 0.2) is 0 Å². The Morgan fingerprint density at radius 1 is 0.481 bits per heavy atom. The van der Waals surface area contributed by atoms with E-state index >= 15 is 0 Å². The van der Waals surface area contributed by atoms with Gasteiger partial charge in [-0.1, -0.05) is 111 Å². The van der Waals surface area contributed by atoms with Crippen LogP contribution in [0.25, 0.3) is 93.7 Å². The zero-order valence-electron chi connectivity index (χ0n) is 28.8. The van der Waals surface area contributed by atoms with E-state index in [4.69, 9.17) is 15.0 Å². The van der Waals surface area contributed by atoms with Crippen molar-refractivity contribution in [3.63, 3.8) is 0 Å². The van der Waals surface area contributed by atoms with Crippen LogP contribution in [0.5, 0.6) is 0 Å². The summed E-state index contributed by atoms with van der Waals surface area (Å²) in [5, 5.41) is 10.1. The Balaban J connectivity index is 1.36. The van der Waals surface area contributed by atoms with Crippen LogP contribution in [0.1, 0.15) is 25.0 Å². The van der Waals surface area contributed by atoms with E-state index in [0.29, 0.717) is 0 Å². The first-order chi connectivity index (χ1) is 25.6. The normalized spacial score (nSPS) is 13.3. The molecule has 11 rings (SSSR count). The van der Waals surface area contributed by atoms with Crippen molar-refractivity contribution < 1.29 is 0 Å². The number of fused-ring (bicyclic) bond motifs is 13. The molecule has 4 heterocycles. The Bertz CT molecular complexity index is 3030. The SMILES string of the molecule is CC1(C)c2c(ccc3ccccc23)-c2c1c1c3cc4ccccc4cc3n(-c3cc(-c4ccccn4)nc(-c4ccccn4)c3)c1c1ccccc21. The Morgan fingerprint density at radius 3 is 1.75 bits per heavy atom. The molecule has 4 nitrogen and oxygen atoms in total. The van der Waals surface area contributed by atoms with Crippen LogP contribution in [-0.4, -0.2) is 19.5 Å². The summed E-state index contributed by atoms with van der Waals surface area (Å²) in [7, 11) is 0. The molecule has 4 aromatic heterocycles. The van der Waals surface area contributed by atoms with Crippen LogP contribution in [0, 0.1) is 0 Å². The molecule has 0 amide bonds. The third kappa shape index (κ3) is 4.00. The lowest BCUT2D eigenvalue weighted by Gasteiger charge is -2.25. The average Bonchev–Trinajstić information content (AvgIpc) is 3.65. The number of nitrogens with zero attached hydrogens (tertiary/aromatic N) is 4. The van der Waals surface area contributed by atoms with Gasteiger partial charge in [-0.2, -0.15) is 0 Å². The van der Waals surface area contributed by atoms with Crippen molar-refractivity contribution in [2.75, 3.05) is 0 Å². The van der Waals surface area contributed by atoms with Gasteiger partial charge >= 0.3 is 0 Å². The van der Waals surface area contributed by atoms with Crippen LogP contribution < -0.4 is 0 Å². The summed E-state index contributed by atoms with van der Waals surface area (Å²) < 4.78 is 2.48. The van der Waals surface area contributed by atoms with Gasteiger partial charge in [0, 0.05) is 34.0 Å². The second-order valence-corrected chi connectivity index (χ2v) is 14.4. The molecule has 52 heavy (non-hydrogen) atoms. The first-order valence-electron chi connectivity index (χ1n) is 17.9. The Hall–Kier alpha value is -6.65. The van der Waals surface area contributed by atoms with Crippen LogP contribution in [-0.2, 0) is 5.41 Å². The van der Waals surface area contributed by atoms with E-state index < -0.39 is 0 Å². The molecule has 0 fully saturated rings. The molecular formula is C48H32N4. The van der Waals surface area contributed by atoms with Gasteiger partial charge in [-0.25, -0.2) is 4.98 Å². The highest BCUT2D eigenvalue weighted by Crippen LogP contribution is 2.58. The fourth-order valence-electron chi connectivity index (χ4n) is 9.04. The van der Waals surface area contributed by atoms with Gasteiger partial charge in [0.1, 0.15) is 0 Å². The molecule has 10 aromatic rings. The van der Waals surface area contributed by atoms with Gasteiger partial charge in [-0.3, -0.25) is 9.97 Å². The molecule has 1 aliphatic rings. The van der Waals surface area contributed by atoms with E-state index in [0.717, 1.165) is 34.0 Å². The lowest BCUT2D eigenvalue weighted by atomic mass is 9.78. The number of rotatable bonds is 3. The number of benzene rings is 6. The van der Waals surface area contributed by atoms with Gasteiger partial charge in [-0.15, -0.1) is 0 Å². The molecular weight excluding hydrogens is 633 g/mol. The number of hydrogen-bond acceptors (Lipinski definition) is 3. The highest BCUT2D eigenvalue weighted by atomic mass is 15.0. The largest absolute Gasteiger partial charge is 0.308 e. The van der Waals surface area contributed by atoms with E-state index in [1.165, 1.54) is 70.9 Å².